The second kappa shape index (κ2) is 13.9. The number of hydrogen-bond donors (Lipinski definition) is 0. The molecule has 10 rings (SSSR count). The van der Waals surface area contributed by atoms with Gasteiger partial charge in [0.25, 0.3) is 0 Å². The van der Waals surface area contributed by atoms with Crippen LogP contribution in [0.5, 0.6) is 0 Å². The van der Waals surface area contributed by atoms with Crippen molar-refractivity contribution in [1.82, 2.24) is 4.57 Å². The topological polar surface area (TPSA) is 8.17 Å². The highest BCUT2D eigenvalue weighted by Gasteiger charge is 2.34. The lowest BCUT2D eigenvalue weighted by Gasteiger charge is -2.35. The Kier molecular flexibility index (Phi) is 8.30. The van der Waals surface area contributed by atoms with Crippen LogP contribution in [-0.2, 0) is 5.41 Å². The van der Waals surface area contributed by atoms with E-state index in [0.717, 1.165) is 22.7 Å². The van der Waals surface area contributed by atoms with E-state index in [1.807, 2.05) is 0 Å². The molecule has 0 spiro atoms. The second-order valence-corrected chi connectivity index (χ2v) is 14.7. The Hall–Kier alpha value is -7.16. The first-order valence-electron chi connectivity index (χ1n) is 19.4. The van der Waals surface area contributed by atoms with Gasteiger partial charge in [0.1, 0.15) is 0 Å². The first-order valence-corrected chi connectivity index (χ1v) is 19.4. The molecule has 0 radical (unpaired) electrons. The lowest BCUT2D eigenvalue weighted by atomic mass is 9.69. The summed E-state index contributed by atoms with van der Waals surface area (Å²) in [6, 6.07) is 81.7. The van der Waals surface area contributed by atoms with Crippen molar-refractivity contribution in [3.8, 4) is 16.8 Å². The van der Waals surface area contributed by atoms with Crippen LogP contribution in [0.15, 0.2) is 224 Å². The van der Waals surface area contributed by atoms with Crippen molar-refractivity contribution >= 4 is 49.6 Å². The largest absolute Gasteiger partial charge is 0.310 e. The Bertz CT molecular complexity index is 2930. The minimum absolute atomic E-state index is 0.470. The summed E-state index contributed by atoms with van der Waals surface area (Å²) in [6.45, 7) is 2.38. The van der Waals surface area contributed by atoms with Crippen LogP contribution in [0.3, 0.4) is 0 Å². The number of rotatable bonds is 8. The molecule has 0 aliphatic rings. The van der Waals surface area contributed by atoms with Crippen molar-refractivity contribution < 1.29 is 0 Å². The van der Waals surface area contributed by atoms with E-state index in [4.69, 9.17) is 0 Å². The quantitative estimate of drug-likeness (QED) is 0.142. The average Bonchev–Trinajstić information content (AvgIpc) is 3.61. The average molecular weight is 717 g/mol. The highest BCUT2D eigenvalue weighted by Crippen LogP contribution is 2.47. The minimum atomic E-state index is -0.470. The molecule has 2 heteroatoms. The highest BCUT2D eigenvalue weighted by molar-refractivity contribution is 6.10. The van der Waals surface area contributed by atoms with Gasteiger partial charge in [0.05, 0.1) is 11.0 Å². The maximum atomic E-state index is 2.44. The van der Waals surface area contributed by atoms with E-state index < -0.39 is 5.41 Å². The third kappa shape index (κ3) is 5.66. The van der Waals surface area contributed by atoms with Crippen LogP contribution in [0.1, 0.15) is 23.6 Å². The van der Waals surface area contributed by atoms with Crippen LogP contribution in [0.2, 0.25) is 0 Å². The maximum Gasteiger partial charge on any atom is 0.0561 e. The summed E-state index contributed by atoms with van der Waals surface area (Å²) in [7, 11) is 0. The Morgan fingerprint density at radius 1 is 0.393 bits per heavy atom. The van der Waals surface area contributed by atoms with E-state index in [1.54, 1.807) is 0 Å². The molecule has 0 atom stereocenters. The molecule has 0 amide bonds. The molecule has 0 saturated carbocycles. The zero-order chi connectivity index (χ0) is 37.5. The third-order valence-corrected chi connectivity index (χ3v) is 11.5. The van der Waals surface area contributed by atoms with Crippen molar-refractivity contribution in [1.29, 1.82) is 0 Å². The molecule has 10 aromatic rings. The fraction of sp³-hybridized carbons (Fsp3) is 0.0370. The van der Waals surface area contributed by atoms with Gasteiger partial charge in [-0.15, -0.1) is 0 Å². The van der Waals surface area contributed by atoms with Gasteiger partial charge in [-0.25, -0.2) is 0 Å². The fourth-order valence-electron chi connectivity index (χ4n) is 8.69. The van der Waals surface area contributed by atoms with Gasteiger partial charge < -0.3 is 9.47 Å². The summed E-state index contributed by atoms with van der Waals surface area (Å²) in [6.07, 6.45) is 0. The van der Waals surface area contributed by atoms with Gasteiger partial charge in [0.15, 0.2) is 0 Å². The van der Waals surface area contributed by atoms with Crippen LogP contribution in [0.4, 0.5) is 17.1 Å². The number of hydrogen-bond acceptors (Lipinski definition) is 1. The van der Waals surface area contributed by atoms with Gasteiger partial charge in [0, 0.05) is 38.9 Å². The summed E-state index contributed by atoms with van der Waals surface area (Å²) >= 11 is 0. The molecule has 0 saturated heterocycles. The van der Waals surface area contributed by atoms with Crippen molar-refractivity contribution in [2.45, 2.75) is 12.3 Å². The van der Waals surface area contributed by atoms with Gasteiger partial charge in [-0.2, -0.15) is 0 Å². The van der Waals surface area contributed by atoms with Crippen molar-refractivity contribution in [3.63, 3.8) is 0 Å². The standard InChI is InChI=1S/C54H40N2/c1-54(42-22-8-3-9-23-42,43-24-10-4-11-25-43)51-37-46(32-34-48(51)40-19-6-2-7-20-40)55(45-31-30-39-18-14-15-21-41(39)36-45)47-33-35-50-49-28-16-17-29-52(49)56(53(50)38-47)44-26-12-5-13-27-44/h2-38H,1H3. The number of aromatic nitrogens is 1. The molecule has 9 aromatic carbocycles. The van der Waals surface area contributed by atoms with Crippen LogP contribution in [0, 0.1) is 0 Å². The third-order valence-electron chi connectivity index (χ3n) is 11.5. The monoisotopic (exact) mass is 716 g/mol. The number of benzene rings is 9. The first kappa shape index (κ1) is 33.4. The molecular weight excluding hydrogens is 677 g/mol. The van der Waals surface area contributed by atoms with Gasteiger partial charge in [0.2, 0.25) is 0 Å². The predicted molar refractivity (Wildman–Crippen MR) is 237 cm³/mol. The van der Waals surface area contributed by atoms with E-state index in [9.17, 15) is 0 Å². The molecule has 266 valence electrons. The Morgan fingerprint density at radius 2 is 0.911 bits per heavy atom. The Balaban J connectivity index is 1.27. The SMILES string of the molecule is CC(c1ccccc1)(c1ccccc1)c1cc(N(c2ccc3ccccc3c2)c2ccc3c4ccccc4n(-c4ccccc4)c3c2)ccc1-c1ccccc1. The predicted octanol–water partition coefficient (Wildman–Crippen LogP) is 14.4. The normalized spacial score (nSPS) is 11.7. The molecule has 0 fully saturated rings. The molecule has 0 unspecified atom stereocenters. The van der Waals surface area contributed by atoms with Crippen molar-refractivity contribution in [2.24, 2.45) is 0 Å². The zero-order valence-corrected chi connectivity index (χ0v) is 31.3. The van der Waals surface area contributed by atoms with Crippen LogP contribution in [0.25, 0.3) is 49.4 Å². The van der Waals surface area contributed by atoms with Crippen molar-refractivity contribution in [3.05, 3.63) is 241 Å². The van der Waals surface area contributed by atoms with E-state index in [2.05, 4.69) is 241 Å². The molecule has 0 aliphatic carbocycles. The van der Waals surface area contributed by atoms with E-state index >= 15 is 0 Å². The Morgan fingerprint density at radius 3 is 1.62 bits per heavy atom. The number of nitrogens with zero attached hydrogens (tertiary/aromatic N) is 2. The number of anilines is 3. The molecule has 0 N–H and O–H groups in total. The van der Waals surface area contributed by atoms with Gasteiger partial charge >= 0.3 is 0 Å². The van der Waals surface area contributed by atoms with Crippen LogP contribution < -0.4 is 4.90 Å². The highest BCUT2D eigenvalue weighted by atomic mass is 15.1. The van der Waals surface area contributed by atoms with Gasteiger partial charge in [-0.05, 0) is 100 Å². The summed E-state index contributed by atoms with van der Waals surface area (Å²) in [5.41, 5.74) is 12.4. The second-order valence-electron chi connectivity index (χ2n) is 14.7. The number of para-hydroxylation sites is 2. The van der Waals surface area contributed by atoms with E-state index in [1.165, 1.54) is 60.4 Å². The zero-order valence-electron chi connectivity index (χ0n) is 31.3. The smallest absolute Gasteiger partial charge is 0.0561 e. The summed E-state index contributed by atoms with van der Waals surface area (Å²) in [4.78, 5) is 2.44. The van der Waals surface area contributed by atoms with Crippen molar-refractivity contribution in [2.75, 3.05) is 4.90 Å². The Labute approximate surface area is 328 Å². The molecular formula is C54H40N2. The van der Waals surface area contributed by atoms with Gasteiger partial charge in [-0.3, -0.25) is 0 Å². The maximum absolute atomic E-state index is 2.44. The minimum Gasteiger partial charge on any atom is -0.310 e. The fourth-order valence-corrected chi connectivity index (χ4v) is 8.69. The molecule has 1 heterocycles. The molecule has 0 bridgehead atoms. The van der Waals surface area contributed by atoms with Crippen LogP contribution in [-0.4, -0.2) is 4.57 Å². The lowest BCUT2D eigenvalue weighted by Crippen LogP contribution is -2.26. The number of fused-ring (bicyclic) bond motifs is 4. The summed E-state index contributed by atoms with van der Waals surface area (Å²) in [5, 5.41) is 4.89. The molecule has 0 aliphatic heterocycles. The first-order chi connectivity index (χ1) is 27.7. The lowest BCUT2D eigenvalue weighted by molar-refractivity contribution is 0.694. The molecule has 56 heavy (non-hydrogen) atoms. The molecule has 2 nitrogen and oxygen atoms in total. The van der Waals surface area contributed by atoms with Gasteiger partial charge in [-0.1, -0.05) is 170 Å². The van der Waals surface area contributed by atoms with Crippen LogP contribution >= 0.6 is 0 Å². The summed E-state index contributed by atoms with van der Waals surface area (Å²) < 4.78 is 2.40. The van der Waals surface area contributed by atoms with E-state index in [0.29, 0.717) is 0 Å². The van der Waals surface area contributed by atoms with E-state index in [-0.39, 0.29) is 0 Å². The summed E-state index contributed by atoms with van der Waals surface area (Å²) in [5.74, 6) is 0. The molecule has 1 aromatic heterocycles.